The lowest BCUT2D eigenvalue weighted by molar-refractivity contribution is -0.137. The number of likely N-dealkylation sites (tertiary alicyclic amines) is 1. The fourth-order valence-corrected chi connectivity index (χ4v) is 2.98. The summed E-state index contributed by atoms with van der Waals surface area (Å²) in [6, 6.07) is 5.63. The SMILES string of the molecule is CN1CCC(C(CN)c2cccc(C(F)(F)F)c2)CC1. The first kappa shape index (κ1) is 15.3. The molecular weight excluding hydrogens is 265 g/mol. The van der Waals surface area contributed by atoms with Gasteiger partial charge < -0.3 is 10.6 Å². The van der Waals surface area contributed by atoms with Gasteiger partial charge in [-0.25, -0.2) is 0 Å². The van der Waals surface area contributed by atoms with Crippen LogP contribution in [0.5, 0.6) is 0 Å². The van der Waals surface area contributed by atoms with Crippen molar-refractivity contribution in [1.82, 2.24) is 4.90 Å². The van der Waals surface area contributed by atoms with Gasteiger partial charge in [-0.15, -0.1) is 0 Å². The molecule has 1 aromatic carbocycles. The number of benzene rings is 1. The lowest BCUT2D eigenvalue weighted by Crippen LogP contribution is -2.34. The fourth-order valence-electron chi connectivity index (χ4n) is 2.98. The van der Waals surface area contributed by atoms with E-state index in [2.05, 4.69) is 11.9 Å². The van der Waals surface area contributed by atoms with E-state index >= 15 is 0 Å². The fraction of sp³-hybridized carbons (Fsp3) is 0.600. The van der Waals surface area contributed by atoms with Crippen LogP contribution in [0.2, 0.25) is 0 Å². The van der Waals surface area contributed by atoms with Crippen LogP contribution in [0.3, 0.4) is 0 Å². The Balaban J connectivity index is 2.19. The number of nitrogens with zero attached hydrogens (tertiary/aromatic N) is 1. The third-order valence-corrected chi connectivity index (χ3v) is 4.23. The highest BCUT2D eigenvalue weighted by atomic mass is 19.4. The molecule has 1 heterocycles. The van der Waals surface area contributed by atoms with Gasteiger partial charge in [0.2, 0.25) is 0 Å². The number of piperidine rings is 1. The summed E-state index contributed by atoms with van der Waals surface area (Å²) in [7, 11) is 2.07. The Kier molecular flexibility index (Phi) is 4.70. The van der Waals surface area contributed by atoms with E-state index in [1.807, 2.05) is 0 Å². The number of alkyl halides is 3. The molecule has 1 aromatic rings. The molecule has 2 rings (SSSR count). The first-order chi connectivity index (χ1) is 9.41. The Labute approximate surface area is 117 Å². The van der Waals surface area contributed by atoms with Gasteiger partial charge in [-0.3, -0.25) is 0 Å². The molecule has 0 saturated carbocycles. The quantitative estimate of drug-likeness (QED) is 0.925. The van der Waals surface area contributed by atoms with Gasteiger partial charge >= 0.3 is 6.18 Å². The van der Waals surface area contributed by atoms with E-state index in [0.717, 1.165) is 37.6 Å². The van der Waals surface area contributed by atoms with E-state index in [4.69, 9.17) is 5.73 Å². The maximum absolute atomic E-state index is 12.8. The summed E-state index contributed by atoms with van der Waals surface area (Å²) >= 11 is 0. The van der Waals surface area contributed by atoms with Gasteiger partial charge in [0.15, 0.2) is 0 Å². The molecule has 1 saturated heterocycles. The van der Waals surface area contributed by atoms with Gasteiger partial charge in [0.25, 0.3) is 0 Å². The van der Waals surface area contributed by atoms with Crippen molar-refractivity contribution in [1.29, 1.82) is 0 Å². The van der Waals surface area contributed by atoms with E-state index in [1.165, 1.54) is 12.1 Å². The van der Waals surface area contributed by atoms with Crippen LogP contribution in [-0.4, -0.2) is 31.6 Å². The molecule has 112 valence electrons. The Morgan fingerprint density at radius 1 is 1.30 bits per heavy atom. The minimum atomic E-state index is -4.29. The van der Waals surface area contributed by atoms with Crippen molar-refractivity contribution in [2.24, 2.45) is 11.7 Å². The van der Waals surface area contributed by atoms with Crippen molar-refractivity contribution in [3.8, 4) is 0 Å². The molecule has 1 aliphatic heterocycles. The zero-order chi connectivity index (χ0) is 14.8. The topological polar surface area (TPSA) is 29.3 Å². The molecular formula is C15H21F3N2. The second-order valence-electron chi connectivity index (χ2n) is 5.61. The molecule has 0 aromatic heterocycles. The second-order valence-corrected chi connectivity index (χ2v) is 5.61. The van der Waals surface area contributed by atoms with E-state index in [9.17, 15) is 13.2 Å². The predicted molar refractivity (Wildman–Crippen MR) is 73.5 cm³/mol. The Morgan fingerprint density at radius 2 is 1.95 bits per heavy atom. The lowest BCUT2D eigenvalue weighted by Gasteiger charge is -2.34. The van der Waals surface area contributed by atoms with Crippen LogP contribution in [0, 0.1) is 5.92 Å². The zero-order valence-electron chi connectivity index (χ0n) is 11.7. The van der Waals surface area contributed by atoms with Crippen molar-refractivity contribution < 1.29 is 13.2 Å². The number of hydrogen-bond acceptors (Lipinski definition) is 2. The van der Waals surface area contributed by atoms with Crippen LogP contribution in [0.15, 0.2) is 24.3 Å². The Bertz CT molecular complexity index is 437. The van der Waals surface area contributed by atoms with Gasteiger partial charge in [0.05, 0.1) is 5.56 Å². The van der Waals surface area contributed by atoms with E-state index < -0.39 is 11.7 Å². The Hall–Kier alpha value is -1.07. The van der Waals surface area contributed by atoms with Gasteiger partial charge in [0.1, 0.15) is 0 Å². The first-order valence-corrected chi connectivity index (χ1v) is 6.97. The maximum Gasteiger partial charge on any atom is 0.416 e. The molecule has 0 spiro atoms. The number of hydrogen-bond donors (Lipinski definition) is 1. The third kappa shape index (κ3) is 3.52. The van der Waals surface area contributed by atoms with E-state index in [-0.39, 0.29) is 5.92 Å². The zero-order valence-corrected chi connectivity index (χ0v) is 11.7. The summed E-state index contributed by atoms with van der Waals surface area (Å²) in [5.74, 6) is 0.394. The van der Waals surface area contributed by atoms with Crippen molar-refractivity contribution in [3.05, 3.63) is 35.4 Å². The standard InChI is InChI=1S/C15H21F3N2/c1-20-7-5-11(6-8-20)14(10-19)12-3-2-4-13(9-12)15(16,17)18/h2-4,9,11,14H,5-8,10,19H2,1H3. The molecule has 1 unspecified atom stereocenters. The lowest BCUT2D eigenvalue weighted by atomic mass is 9.80. The molecule has 2 nitrogen and oxygen atoms in total. The molecule has 0 aliphatic carbocycles. The number of halogens is 3. The van der Waals surface area contributed by atoms with Gasteiger partial charge in [0, 0.05) is 0 Å². The first-order valence-electron chi connectivity index (χ1n) is 6.97. The monoisotopic (exact) mass is 286 g/mol. The summed E-state index contributed by atoms with van der Waals surface area (Å²) in [4.78, 5) is 2.25. The highest BCUT2D eigenvalue weighted by Crippen LogP contribution is 2.35. The molecule has 1 atom stereocenters. The van der Waals surface area contributed by atoms with Crippen molar-refractivity contribution in [2.75, 3.05) is 26.7 Å². The summed E-state index contributed by atoms with van der Waals surface area (Å²) in [6.07, 6.45) is -2.30. The minimum Gasteiger partial charge on any atom is -0.330 e. The highest BCUT2D eigenvalue weighted by molar-refractivity contribution is 5.29. The van der Waals surface area contributed by atoms with Gasteiger partial charge in [-0.2, -0.15) is 13.2 Å². The summed E-state index contributed by atoms with van der Waals surface area (Å²) < 4.78 is 38.4. The molecule has 2 N–H and O–H groups in total. The third-order valence-electron chi connectivity index (χ3n) is 4.23. The van der Waals surface area contributed by atoms with Crippen molar-refractivity contribution >= 4 is 0 Å². The summed E-state index contributed by atoms with van der Waals surface area (Å²) in [6.45, 7) is 2.37. The van der Waals surface area contributed by atoms with Crippen molar-refractivity contribution in [3.63, 3.8) is 0 Å². The maximum atomic E-state index is 12.8. The molecule has 0 amide bonds. The van der Waals surface area contributed by atoms with Crippen molar-refractivity contribution in [2.45, 2.75) is 24.9 Å². The Morgan fingerprint density at radius 3 is 2.50 bits per heavy atom. The predicted octanol–water partition coefficient (Wildman–Crippen LogP) is 3.09. The molecule has 0 radical (unpaired) electrons. The van der Waals surface area contributed by atoms with Crippen LogP contribution >= 0.6 is 0 Å². The number of rotatable bonds is 3. The average molecular weight is 286 g/mol. The average Bonchev–Trinajstić information content (AvgIpc) is 2.41. The summed E-state index contributed by atoms with van der Waals surface area (Å²) in [5, 5.41) is 0. The molecule has 1 aliphatic rings. The summed E-state index contributed by atoms with van der Waals surface area (Å²) in [5.41, 5.74) is 5.97. The largest absolute Gasteiger partial charge is 0.416 e. The normalized spacial score (nSPS) is 20.1. The van der Waals surface area contributed by atoms with Crippen LogP contribution < -0.4 is 5.73 Å². The smallest absolute Gasteiger partial charge is 0.330 e. The second kappa shape index (κ2) is 6.14. The molecule has 1 fully saturated rings. The molecule has 20 heavy (non-hydrogen) atoms. The van der Waals surface area contributed by atoms with Gasteiger partial charge in [-0.1, -0.05) is 18.2 Å². The van der Waals surface area contributed by atoms with E-state index in [0.29, 0.717) is 12.5 Å². The van der Waals surface area contributed by atoms with Gasteiger partial charge in [-0.05, 0) is 63.0 Å². The minimum absolute atomic E-state index is 0.0194. The molecule has 5 heteroatoms. The van der Waals surface area contributed by atoms with E-state index in [1.54, 1.807) is 6.07 Å². The van der Waals surface area contributed by atoms with Crippen LogP contribution in [-0.2, 0) is 6.18 Å². The van der Waals surface area contributed by atoms with Crippen LogP contribution in [0.4, 0.5) is 13.2 Å². The number of nitrogens with two attached hydrogens (primary N) is 1. The van der Waals surface area contributed by atoms with Crippen LogP contribution in [0.1, 0.15) is 29.9 Å². The van der Waals surface area contributed by atoms with Crippen LogP contribution in [0.25, 0.3) is 0 Å². The highest BCUT2D eigenvalue weighted by Gasteiger charge is 2.32. The molecule has 0 bridgehead atoms.